The van der Waals surface area contributed by atoms with Crippen LogP contribution in [0.25, 0.3) is 0 Å². The lowest BCUT2D eigenvalue weighted by Crippen LogP contribution is -2.28. The molecule has 0 bridgehead atoms. The van der Waals surface area contributed by atoms with Crippen LogP contribution in [-0.2, 0) is 5.60 Å². The molecule has 0 aliphatic heterocycles. The van der Waals surface area contributed by atoms with Gasteiger partial charge in [0.05, 0.1) is 5.60 Å². The highest BCUT2D eigenvalue weighted by atomic mass is 16.3. The Morgan fingerprint density at radius 2 is 2.33 bits per heavy atom. The molecular weight excluding hydrogens is 154 g/mol. The van der Waals surface area contributed by atoms with Gasteiger partial charge in [0.15, 0.2) is 0 Å². The van der Waals surface area contributed by atoms with E-state index in [4.69, 9.17) is 0 Å². The third kappa shape index (κ3) is 1.56. The van der Waals surface area contributed by atoms with Gasteiger partial charge in [-0.15, -0.1) is 0 Å². The number of nitrogens with one attached hydrogen (secondary N) is 1. The number of aliphatic hydroxyl groups is 1. The molecule has 1 rings (SSSR count). The molecule has 1 atom stereocenters. The summed E-state index contributed by atoms with van der Waals surface area (Å²) in [5.41, 5.74) is -0.814. The van der Waals surface area contributed by atoms with Crippen molar-refractivity contribution in [2.24, 2.45) is 0 Å². The average Bonchev–Trinajstić information content (AvgIpc) is 2.05. The van der Waals surface area contributed by atoms with Crippen LogP contribution in [0.2, 0.25) is 0 Å². The lowest BCUT2D eigenvalue weighted by molar-refractivity contribution is 0.0516. The number of H-pyrrole nitrogens is 1. The molecule has 2 N–H and O–H groups in total. The molecule has 0 fully saturated rings. The van der Waals surface area contributed by atoms with Crippen molar-refractivity contribution in [1.29, 1.82) is 0 Å². The van der Waals surface area contributed by atoms with Crippen molar-refractivity contribution in [1.82, 2.24) is 4.98 Å². The van der Waals surface area contributed by atoms with E-state index in [0.717, 1.165) is 0 Å². The minimum Gasteiger partial charge on any atom is -0.385 e. The van der Waals surface area contributed by atoms with Gasteiger partial charge in [-0.05, 0) is 25.5 Å². The molecule has 66 valence electrons. The predicted molar refractivity (Wildman–Crippen MR) is 46.9 cm³/mol. The van der Waals surface area contributed by atoms with E-state index in [9.17, 15) is 9.90 Å². The van der Waals surface area contributed by atoms with Crippen molar-refractivity contribution < 1.29 is 5.11 Å². The number of aromatic amines is 1. The molecule has 0 saturated heterocycles. The van der Waals surface area contributed by atoms with Gasteiger partial charge >= 0.3 is 0 Å². The monoisotopic (exact) mass is 167 g/mol. The van der Waals surface area contributed by atoms with Crippen LogP contribution in [0.5, 0.6) is 0 Å². The molecule has 0 aliphatic carbocycles. The van der Waals surface area contributed by atoms with Crippen molar-refractivity contribution in [3.05, 3.63) is 34.2 Å². The second-order valence-electron chi connectivity index (χ2n) is 3.04. The molecule has 0 aliphatic rings. The Morgan fingerprint density at radius 1 is 1.67 bits per heavy atom. The second kappa shape index (κ2) is 3.11. The first-order valence-corrected chi connectivity index (χ1v) is 3.98. The minimum absolute atomic E-state index is 0.218. The number of pyridine rings is 1. The number of aromatic nitrogens is 1. The van der Waals surface area contributed by atoms with E-state index in [0.29, 0.717) is 12.0 Å². The standard InChI is InChI=1S/C9H13NO2/c1-3-9(2,12)7-5-4-6-10-8(7)11/h4-6,12H,3H2,1-2H3,(H,10,11). The Morgan fingerprint density at radius 3 is 2.83 bits per heavy atom. The first-order chi connectivity index (χ1) is 5.58. The van der Waals surface area contributed by atoms with Crippen LogP contribution in [0.15, 0.2) is 23.1 Å². The fourth-order valence-electron chi connectivity index (χ4n) is 1.04. The number of hydrogen-bond acceptors (Lipinski definition) is 2. The maximum Gasteiger partial charge on any atom is 0.254 e. The second-order valence-corrected chi connectivity index (χ2v) is 3.04. The van der Waals surface area contributed by atoms with Crippen molar-refractivity contribution in [2.45, 2.75) is 25.9 Å². The zero-order valence-corrected chi connectivity index (χ0v) is 7.29. The highest BCUT2D eigenvalue weighted by molar-refractivity contribution is 5.16. The Kier molecular flexibility index (Phi) is 2.33. The highest BCUT2D eigenvalue weighted by Crippen LogP contribution is 2.19. The van der Waals surface area contributed by atoms with Crippen LogP contribution in [0.3, 0.4) is 0 Å². The molecule has 0 spiro atoms. The van der Waals surface area contributed by atoms with Crippen LogP contribution in [0, 0.1) is 0 Å². The van der Waals surface area contributed by atoms with Crippen LogP contribution < -0.4 is 5.56 Å². The summed E-state index contributed by atoms with van der Waals surface area (Å²) < 4.78 is 0. The van der Waals surface area contributed by atoms with E-state index in [2.05, 4.69) is 4.98 Å². The summed E-state index contributed by atoms with van der Waals surface area (Å²) in [6.45, 7) is 3.48. The predicted octanol–water partition coefficient (Wildman–Crippen LogP) is 0.992. The highest BCUT2D eigenvalue weighted by Gasteiger charge is 2.22. The summed E-state index contributed by atoms with van der Waals surface area (Å²) >= 11 is 0. The van der Waals surface area contributed by atoms with E-state index in [1.54, 1.807) is 25.3 Å². The maximum absolute atomic E-state index is 11.2. The third-order valence-corrected chi connectivity index (χ3v) is 2.09. The van der Waals surface area contributed by atoms with Crippen LogP contribution in [-0.4, -0.2) is 10.1 Å². The van der Waals surface area contributed by atoms with Crippen molar-refractivity contribution in [3.63, 3.8) is 0 Å². The van der Waals surface area contributed by atoms with Crippen molar-refractivity contribution in [3.8, 4) is 0 Å². The smallest absolute Gasteiger partial charge is 0.254 e. The van der Waals surface area contributed by atoms with Crippen LogP contribution in [0.4, 0.5) is 0 Å². The molecule has 0 aromatic carbocycles. The Balaban J connectivity index is 3.20. The third-order valence-electron chi connectivity index (χ3n) is 2.09. The summed E-state index contributed by atoms with van der Waals surface area (Å²) in [6.07, 6.45) is 2.08. The minimum atomic E-state index is -1.02. The summed E-state index contributed by atoms with van der Waals surface area (Å²) in [4.78, 5) is 13.7. The average molecular weight is 167 g/mol. The summed E-state index contributed by atoms with van der Waals surface area (Å²) in [7, 11) is 0. The maximum atomic E-state index is 11.2. The van der Waals surface area contributed by atoms with Crippen LogP contribution >= 0.6 is 0 Å². The SMILES string of the molecule is CCC(C)(O)c1ccc[nH]c1=O. The van der Waals surface area contributed by atoms with Gasteiger partial charge in [-0.1, -0.05) is 6.92 Å². The zero-order valence-electron chi connectivity index (χ0n) is 7.29. The fourth-order valence-corrected chi connectivity index (χ4v) is 1.04. The lowest BCUT2D eigenvalue weighted by atomic mass is 9.95. The topological polar surface area (TPSA) is 53.1 Å². The molecule has 12 heavy (non-hydrogen) atoms. The van der Waals surface area contributed by atoms with Gasteiger partial charge < -0.3 is 10.1 Å². The molecular formula is C9H13NO2. The van der Waals surface area contributed by atoms with E-state index in [-0.39, 0.29) is 5.56 Å². The fraction of sp³-hybridized carbons (Fsp3) is 0.444. The van der Waals surface area contributed by atoms with Crippen LogP contribution in [0.1, 0.15) is 25.8 Å². The molecule has 0 amide bonds. The first kappa shape index (κ1) is 9.00. The zero-order chi connectivity index (χ0) is 9.19. The van der Waals surface area contributed by atoms with Gasteiger partial charge in [0, 0.05) is 11.8 Å². The molecule has 1 unspecified atom stereocenters. The van der Waals surface area contributed by atoms with E-state index < -0.39 is 5.60 Å². The lowest BCUT2D eigenvalue weighted by Gasteiger charge is -2.19. The number of rotatable bonds is 2. The molecule has 0 radical (unpaired) electrons. The Labute approximate surface area is 71.1 Å². The summed E-state index contributed by atoms with van der Waals surface area (Å²) in [5, 5.41) is 9.76. The quantitative estimate of drug-likeness (QED) is 0.690. The van der Waals surface area contributed by atoms with Gasteiger partial charge in [-0.25, -0.2) is 0 Å². The molecule has 1 aromatic rings. The van der Waals surface area contributed by atoms with Gasteiger partial charge in [0.2, 0.25) is 0 Å². The van der Waals surface area contributed by atoms with Gasteiger partial charge in [0.25, 0.3) is 5.56 Å². The number of hydrogen-bond donors (Lipinski definition) is 2. The molecule has 3 heteroatoms. The molecule has 1 aromatic heterocycles. The van der Waals surface area contributed by atoms with Crippen molar-refractivity contribution >= 4 is 0 Å². The largest absolute Gasteiger partial charge is 0.385 e. The summed E-state index contributed by atoms with van der Waals surface area (Å²) in [6, 6.07) is 3.35. The van der Waals surface area contributed by atoms with Gasteiger partial charge in [0.1, 0.15) is 0 Å². The van der Waals surface area contributed by atoms with Gasteiger partial charge in [-0.2, -0.15) is 0 Å². The van der Waals surface area contributed by atoms with E-state index >= 15 is 0 Å². The van der Waals surface area contributed by atoms with E-state index in [1.165, 1.54) is 0 Å². The summed E-state index contributed by atoms with van der Waals surface area (Å²) in [5.74, 6) is 0. The molecule has 0 saturated carbocycles. The van der Waals surface area contributed by atoms with Crippen molar-refractivity contribution in [2.75, 3.05) is 0 Å². The Bertz CT molecular complexity index is 314. The first-order valence-electron chi connectivity index (χ1n) is 3.98. The molecule has 3 nitrogen and oxygen atoms in total. The van der Waals surface area contributed by atoms with E-state index in [1.807, 2.05) is 6.92 Å². The molecule has 1 heterocycles. The van der Waals surface area contributed by atoms with Gasteiger partial charge in [-0.3, -0.25) is 4.79 Å². The normalized spacial score (nSPS) is 15.6. The Hall–Kier alpha value is -1.09.